The van der Waals surface area contributed by atoms with Gasteiger partial charge in [0, 0.05) is 31.7 Å². The van der Waals surface area contributed by atoms with Crippen LogP contribution in [0.15, 0.2) is 78.9 Å². The largest absolute Gasteiger partial charge is 0.489 e. The van der Waals surface area contributed by atoms with Gasteiger partial charge in [-0.25, -0.2) is 5.32 Å². The Morgan fingerprint density at radius 3 is 1.86 bits per heavy atom. The molecule has 0 saturated carbocycles. The van der Waals surface area contributed by atoms with Crippen LogP contribution in [-0.2, 0) is 13.2 Å². The zero-order chi connectivity index (χ0) is 19.0. The van der Waals surface area contributed by atoms with Gasteiger partial charge in [0.1, 0.15) is 24.7 Å². The number of piperazine rings is 1. The Bertz CT molecular complexity index is 801. The van der Waals surface area contributed by atoms with Crippen LogP contribution in [0, 0.1) is 0 Å². The third-order valence-electron chi connectivity index (χ3n) is 4.77. The van der Waals surface area contributed by atoms with E-state index >= 15 is 0 Å². The highest BCUT2D eigenvalue weighted by Gasteiger charge is 2.17. The van der Waals surface area contributed by atoms with Gasteiger partial charge in [0.05, 0.1) is 0 Å². The minimum absolute atomic E-state index is 0.202. The highest BCUT2D eigenvalue weighted by Crippen LogP contribution is 2.28. The lowest BCUT2D eigenvalue weighted by Gasteiger charge is -2.24. The Morgan fingerprint density at radius 2 is 1.36 bits per heavy atom. The first kappa shape index (κ1) is 18.5. The molecule has 4 heteroatoms. The van der Waals surface area contributed by atoms with E-state index in [-0.39, 0.29) is 6.04 Å². The van der Waals surface area contributed by atoms with Crippen molar-refractivity contribution >= 4 is 0 Å². The number of hydrogen-bond donors (Lipinski definition) is 1. The van der Waals surface area contributed by atoms with Crippen molar-refractivity contribution in [2.75, 3.05) is 19.6 Å². The molecule has 0 amide bonds. The minimum atomic E-state index is 0.202. The molecule has 1 N–H and O–H groups in total. The number of benzene rings is 3. The zero-order valence-electron chi connectivity index (χ0n) is 15.9. The second kappa shape index (κ2) is 9.40. The summed E-state index contributed by atoms with van der Waals surface area (Å²) >= 11 is 0. The van der Waals surface area contributed by atoms with Crippen LogP contribution in [0.1, 0.15) is 22.7 Å². The molecule has 0 spiro atoms. The average molecular weight is 373 g/mol. The van der Waals surface area contributed by atoms with E-state index in [0.717, 1.165) is 47.8 Å². The molecule has 1 atom stereocenters. The van der Waals surface area contributed by atoms with Crippen LogP contribution in [0.3, 0.4) is 0 Å². The Hall–Kier alpha value is -2.82. The Kier molecular flexibility index (Phi) is 6.22. The van der Waals surface area contributed by atoms with E-state index in [9.17, 15) is 0 Å². The Balaban J connectivity index is 1.51. The van der Waals surface area contributed by atoms with Crippen LogP contribution in [0.25, 0.3) is 0 Å². The van der Waals surface area contributed by atoms with E-state index in [2.05, 4.69) is 47.0 Å². The second-order valence-electron chi connectivity index (χ2n) is 6.92. The summed E-state index contributed by atoms with van der Waals surface area (Å²) in [7, 11) is 0. The van der Waals surface area contributed by atoms with Gasteiger partial charge in [-0.15, -0.1) is 0 Å². The number of nitrogens with one attached hydrogen (secondary N) is 1. The molecule has 1 aliphatic rings. The van der Waals surface area contributed by atoms with Crippen molar-refractivity contribution in [1.82, 2.24) is 10.6 Å². The Labute approximate surface area is 166 Å². The van der Waals surface area contributed by atoms with E-state index in [1.54, 1.807) is 0 Å². The normalized spacial score (nSPS) is 16.5. The van der Waals surface area contributed by atoms with Crippen molar-refractivity contribution in [3.8, 4) is 11.5 Å². The molecule has 0 aliphatic carbocycles. The maximum atomic E-state index is 6.08. The molecule has 1 saturated heterocycles. The molecule has 1 heterocycles. The summed E-state index contributed by atoms with van der Waals surface area (Å²) in [4.78, 5) is 0. The molecule has 4 rings (SSSR count). The molecule has 0 bridgehead atoms. The van der Waals surface area contributed by atoms with Crippen molar-refractivity contribution < 1.29 is 9.47 Å². The molecule has 3 aromatic rings. The van der Waals surface area contributed by atoms with Gasteiger partial charge in [-0.3, -0.25) is 0 Å². The third kappa shape index (κ3) is 5.12. The van der Waals surface area contributed by atoms with Crippen molar-refractivity contribution in [3.63, 3.8) is 0 Å². The number of hydrogen-bond acceptors (Lipinski definition) is 3. The summed E-state index contributed by atoms with van der Waals surface area (Å²) in [5, 5.41) is 8.07. The van der Waals surface area contributed by atoms with Crippen LogP contribution >= 0.6 is 0 Å². The predicted molar refractivity (Wildman–Crippen MR) is 111 cm³/mol. The molecule has 1 radical (unpaired) electrons. The lowest BCUT2D eigenvalue weighted by molar-refractivity contribution is 0.288. The number of ether oxygens (including phenoxy) is 2. The van der Waals surface area contributed by atoms with Gasteiger partial charge >= 0.3 is 0 Å². The van der Waals surface area contributed by atoms with Crippen molar-refractivity contribution in [1.29, 1.82) is 0 Å². The maximum Gasteiger partial charge on any atom is 0.123 e. The van der Waals surface area contributed by atoms with Crippen molar-refractivity contribution in [2.24, 2.45) is 0 Å². The molecule has 143 valence electrons. The van der Waals surface area contributed by atoms with E-state index in [1.165, 1.54) is 0 Å². The van der Waals surface area contributed by atoms with Gasteiger partial charge in [-0.1, -0.05) is 60.7 Å². The lowest BCUT2D eigenvalue weighted by atomic mass is 10.0. The number of rotatable bonds is 7. The van der Waals surface area contributed by atoms with E-state index < -0.39 is 0 Å². The van der Waals surface area contributed by atoms with Crippen molar-refractivity contribution in [3.05, 3.63) is 95.6 Å². The van der Waals surface area contributed by atoms with E-state index in [0.29, 0.717) is 13.2 Å². The van der Waals surface area contributed by atoms with Gasteiger partial charge in [-0.05, 0) is 28.8 Å². The van der Waals surface area contributed by atoms with Crippen LogP contribution in [-0.4, -0.2) is 19.6 Å². The SMILES string of the molecule is c1ccc(COc2cc(OCc3ccccc3)cc([C@H]3C[N]CCN3)c2)cc1. The minimum Gasteiger partial charge on any atom is -0.489 e. The molecular formula is C24H25N2O2. The van der Waals surface area contributed by atoms with Gasteiger partial charge in [0.15, 0.2) is 0 Å². The topological polar surface area (TPSA) is 44.6 Å². The van der Waals surface area contributed by atoms with Crippen LogP contribution in [0.5, 0.6) is 11.5 Å². The molecule has 28 heavy (non-hydrogen) atoms. The summed E-state index contributed by atoms with van der Waals surface area (Å²) in [5.41, 5.74) is 3.44. The number of nitrogens with zero attached hydrogens (tertiary/aromatic N) is 1. The van der Waals surface area contributed by atoms with Crippen molar-refractivity contribution in [2.45, 2.75) is 19.3 Å². The summed E-state index contributed by atoms with van der Waals surface area (Å²) in [6.45, 7) is 3.62. The highest BCUT2D eigenvalue weighted by atomic mass is 16.5. The monoisotopic (exact) mass is 373 g/mol. The molecule has 3 aromatic carbocycles. The fourth-order valence-electron chi connectivity index (χ4n) is 3.27. The Morgan fingerprint density at radius 1 is 0.786 bits per heavy atom. The summed E-state index contributed by atoms with van der Waals surface area (Å²) in [5.74, 6) is 1.63. The third-order valence-corrected chi connectivity index (χ3v) is 4.77. The van der Waals surface area contributed by atoms with Gasteiger partial charge < -0.3 is 14.8 Å². The van der Waals surface area contributed by atoms with Gasteiger partial charge in [0.25, 0.3) is 0 Å². The smallest absolute Gasteiger partial charge is 0.123 e. The lowest BCUT2D eigenvalue weighted by Crippen LogP contribution is -2.39. The van der Waals surface area contributed by atoms with Crippen LogP contribution < -0.4 is 20.1 Å². The maximum absolute atomic E-state index is 6.08. The molecule has 1 aliphatic heterocycles. The molecule has 4 nitrogen and oxygen atoms in total. The highest BCUT2D eigenvalue weighted by molar-refractivity contribution is 5.40. The molecular weight excluding hydrogens is 348 g/mol. The van der Waals surface area contributed by atoms with Gasteiger partial charge in [-0.2, -0.15) is 0 Å². The first-order valence-corrected chi connectivity index (χ1v) is 9.72. The molecule has 0 aromatic heterocycles. The zero-order valence-corrected chi connectivity index (χ0v) is 15.9. The van der Waals surface area contributed by atoms with Gasteiger partial charge in [0.2, 0.25) is 0 Å². The van der Waals surface area contributed by atoms with E-state index in [1.807, 2.05) is 42.5 Å². The average Bonchev–Trinajstić information content (AvgIpc) is 2.78. The standard InChI is InChI=1S/C24H25N2O2/c1-3-7-19(8-4-1)17-27-22-13-21(24-16-25-11-12-26-24)14-23(15-22)28-18-20-9-5-2-6-10-20/h1-10,13-15,24,26H,11-12,16-18H2/t24-/m1/s1. The fraction of sp³-hybridized carbons (Fsp3) is 0.250. The first-order chi connectivity index (χ1) is 13.9. The summed E-state index contributed by atoms with van der Waals surface area (Å²) in [6, 6.07) is 26.8. The summed E-state index contributed by atoms with van der Waals surface area (Å²) < 4.78 is 12.2. The fourth-order valence-corrected chi connectivity index (χ4v) is 3.27. The van der Waals surface area contributed by atoms with Crippen LogP contribution in [0.2, 0.25) is 0 Å². The van der Waals surface area contributed by atoms with Crippen LogP contribution in [0.4, 0.5) is 0 Å². The first-order valence-electron chi connectivity index (χ1n) is 9.72. The second-order valence-corrected chi connectivity index (χ2v) is 6.92. The summed E-state index contributed by atoms with van der Waals surface area (Å²) in [6.07, 6.45) is 0. The van der Waals surface area contributed by atoms with E-state index in [4.69, 9.17) is 9.47 Å². The predicted octanol–water partition coefficient (Wildman–Crippen LogP) is 4.09. The molecule has 1 fully saturated rings. The molecule has 0 unspecified atom stereocenters. The quantitative estimate of drug-likeness (QED) is 0.678.